The van der Waals surface area contributed by atoms with Crippen LogP contribution in [0.4, 0.5) is 0 Å². The van der Waals surface area contributed by atoms with E-state index in [9.17, 15) is 21.6 Å². The lowest BCUT2D eigenvalue weighted by Crippen LogP contribution is -2.31. The summed E-state index contributed by atoms with van der Waals surface area (Å²) in [4.78, 5) is 12.8. The Hall–Kier alpha value is -3.31. The molecule has 0 atom stereocenters. The Bertz CT molecular complexity index is 1680. The minimum absolute atomic E-state index is 0.0155. The van der Waals surface area contributed by atoms with Gasteiger partial charge in [-0.25, -0.2) is 8.42 Å². The summed E-state index contributed by atoms with van der Waals surface area (Å²) in [7, 11) is -6.90. The zero-order valence-electron chi connectivity index (χ0n) is 20.0. The number of hydrogen-bond donors (Lipinski definition) is 0. The molecule has 0 aliphatic carbocycles. The van der Waals surface area contributed by atoms with Gasteiger partial charge in [0, 0.05) is 24.7 Å². The van der Waals surface area contributed by atoms with Crippen molar-refractivity contribution in [2.24, 2.45) is 0 Å². The van der Waals surface area contributed by atoms with Crippen LogP contribution in [-0.2, 0) is 24.3 Å². The van der Waals surface area contributed by atoms with Crippen LogP contribution in [0.3, 0.4) is 0 Å². The van der Waals surface area contributed by atoms with Gasteiger partial charge in [0.15, 0.2) is 11.0 Å². The van der Waals surface area contributed by atoms with Crippen molar-refractivity contribution in [3.8, 4) is 11.3 Å². The fourth-order valence-corrected chi connectivity index (χ4v) is 5.87. The first-order chi connectivity index (χ1) is 17.0. The minimum atomic E-state index is -4.16. The molecule has 0 bridgehead atoms. The number of hydrogen-bond acceptors (Lipinski definition) is 7. The molecule has 10 heteroatoms. The van der Waals surface area contributed by atoms with Gasteiger partial charge in [-0.2, -0.15) is 12.7 Å². The Balaban J connectivity index is 1.64. The molecule has 0 radical (unpaired) electrons. The number of sulfonamides is 1. The standard InChI is InChI=1S/C26H25NO7S2/c1-18-12-14-21(15-13-18)36(31,32)33-17-16-27(3)35(29,30)23-11-7-10-22-24(28)19(2)25(34-26(22)23)20-8-5-4-6-9-20/h4-15H,16-17H2,1-3H3. The van der Waals surface area contributed by atoms with E-state index in [1.807, 2.05) is 13.0 Å². The van der Waals surface area contributed by atoms with Crippen LogP contribution in [0.15, 0.2) is 91.8 Å². The van der Waals surface area contributed by atoms with Crippen LogP contribution in [0, 0.1) is 13.8 Å². The maximum absolute atomic E-state index is 13.4. The van der Waals surface area contributed by atoms with Gasteiger partial charge in [-0.3, -0.25) is 8.98 Å². The first-order valence-corrected chi connectivity index (χ1v) is 13.9. The molecule has 0 N–H and O–H groups in total. The molecule has 36 heavy (non-hydrogen) atoms. The van der Waals surface area contributed by atoms with Gasteiger partial charge >= 0.3 is 0 Å². The molecule has 3 aromatic carbocycles. The van der Waals surface area contributed by atoms with Gasteiger partial charge in [0.25, 0.3) is 10.1 Å². The number of benzene rings is 3. The van der Waals surface area contributed by atoms with Crippen molar-refractivity contribution in [2.45, 2.75) is 23.6 Å². The molecule has 0 saturated carbocycles. The fraction of sp³-hybridized carbons (Fsp3) is 0.192. The lowest BCUT2D eigenvalue weighted by atomic mass is 10.1. The van der Waals surface area contributed by atoms with Crippen LogP contribution < -0.4 is 5.43 Å². The van der Waals surface area contributed by atoms with E-state index in [0.29, 0.717) is 11.1 Å². The third kappa shape index (κ3) is 4.98. The molecule has 0 fully saturated rings. The Morgan fingerprint density at radius 1 is 0.861 bits per heavy atom. The number of para-hydroxylation sites is 1. The van der Waals surface area contributed by atoms with E-state index in [0.717, 1.165) is 9.87 Å². The van der Waals surface area contributed by atoms with Crippen LogP contribution in [0.1, 0.15) is 11.1 Å². The van der Waals surface area contributed by atoms with E-state index < -0.39 is 26.7 Å². The molecule has 8 nitrogen and oxygen atoms in total. The predicted octanol–water partition coefficient (Wildman–Crippen LogP) is 4.10. The van der Waals surface area contributed by atoms with E-state index >= 15 is 0 Å². The predicted molar refractivity (Wildman–Crippen MR) is 137 cm³/mol. The van der Waals surface area contributed by atoms with Crippen LogP contribution in [0.2, 0.25) is 0 Å². The molecule has 0 spiro atoms. The summed E-state index contributed by atoms with van der Waals surface area (Å²) in [5, 5.41) is 0.139. The largest absolute Gasteiger partial charge is 0.454 e. The maximum atomic E-state index is 13.4. The molecule has 0 aliphatic rings. The van der Waals surface area contributed by atoms with Crippen molar-refractivity contribution >= 4 is 31.1 Å². The zero-order chi connectivity index (χ0) is 26.1. The summed E-state index contributed by atoms with van der Waals surface area (Å²) in [6, 6.07) is 19.4. The van der Waals surface area contributed by atoms with Gasteiger partial charge < -0.3 is 4.42 Å². The summed E-state index contributed by atoms with van der Waals surface area (Å²) in [5.41, 5.74) is 1.51. The Morgan fingerprint density at radius 3 is 2.19 bits per heavy atom. The summed E-state index contributed by atoms with van der Waals surface area (Å²) in [5.74, 6) is 0.283. The molecule has 1 aromatic heterocycles. The topological polar surface area (TPSA) is 111 Å². The Labute approximate surface area is 209 Å². The molecule has 188 valence electrons. The quantitative estimate of drug-likeness (QED) is 0.317. The second kappa shape index (κ2) is 9.98. The third-order valence-corrected chi connectivity index (χ3v) is 8.99. The number of likely N-dealkylation sites (N-methyl/N-ethyl adjacent to an activating group) is 1. The lowest BCUT2D eigenvalue weighted by molar-refractivity contribution is 0.289. The number of aryl methyl sites for hydroxylation is 1. The Morgan fingerprint density at radius 2 is 1.53 bits per heavy atom. The van der Waals surface area contributed by atoms with Crippen molar-refractivity contribution in [1.82, 2.24) is 4.31 Å². The molecular formula is C26H25NO7S2. The van der Waals surface area contributed by atoms with Crippen molar-refractivity contribution in [2.75, 3.05) is 20.2 Å². The highest BCUT2D eigenvalue weighted by Gasteiger charge is 2.27. The highest BCUT2D eigenvalue weighted by atomic mass is 32.2. The van der Waals surface area contributed by atoms with E-state index in [2.05, 4.69) is 0 Å². The summed E-state index contributed by atoms with van der Waals surface area (Å²) < 4.78 is 63.7. The van der Waals surface area contributed by atoms with E-state index in [-0.39, 0.29) is 38.5 Å². The first kappa shape index (κ1) is 25.8. The molecule has 1 heterocycles. The zero-order valence-corrected chi connectivity index (χ0v) is 21.6. The van der Waals surface area contributed by atoms with Crippen LogP contribution in [0.25, 0.3) is 22.3 Å². The van der Waals surface area contributed by atoms with Gasteiger partial charge in [0.05, 0.1) is 16.9 Å². The van der Waals surface area contributed by atoms with Crippen molar-refractivity contribution < 1.29 is 25.4 Å². The first-order valence-electron chi connectivity index (χ1n) is 11.1. The fourth-order valence-electron chi connectivity index (χ4n) is 3.69. The van der Waals surface area contributed by atoms with Gasteiger partial charge in [-0.05, 0) is 38.1 Å². The molecule has 4 rings (SSSR count). The third-order valence-electron chi connectivity index (χ3n) is 5.79. The molecule has 0 unspecified atom stereocenters. The average Bonchev–Trinajstić information content (AvgIpc) is 2.86. The summed E-state index contributed by atoms with van der Waals surface area (Å²) in [6.45, 7) is 2.82. The maximum Gasteiger partial charge on any atom is 0.297 e. The van der Waals surface area contributed by atoms with Crippen molar-refractivity contribution in [3.63, 3.8) is 0 Å². The normalized spacial score (nSPS) is 12.3. The highest BCUT2D eigenvalue weighted by Crippen LogP contribution is 2.30. The van der Waals surface area contributed by atoms with E-state index in [1.54, 1.807) is 43.3 Å². The van der Waals surface area contributed by atoms with Gasteiger partial charge in [-0.15, -0.1) is 0 Å². The second-order valence-electron chi connectivity index (χ2n) is 8.30. The van der Waals surface area contributed by atoms with Crippen molar-refractivity contribution in [3.05, 3.63) is 94.1 Å². The van der Waals surface area contributed by atoms with Gasteiger partial charge in [0.1, 0.15) is 10.7 Å². The number of nitrogens with zero attached hydrogens (tertiary/aromatic N) is 1. The molecule has 4 aromatic rings. The Kier molecular flexibility index (Phi) is 7.14. The van der Waals surface area contributed by atoms with E-state index in [4.69, 9.17) is 8.60 Å². The second-order valence-corrected chi connectivity index (χ2v) is 11.9. The van der Waals surface area contributed by atoms with E-state index in [1.165, 1.54) is 37.4 Å². The number of fused-ring (bicyclic) bond motifs is 1. The van der Waals surface area contributed by atoms with Crippen molar-refractivity contribution in [1.29, 1.82) is 0 Å². The number of rotatable bonds is 8. The average molecular weight is 528 g/mol. The highest BCUT2D eigenvalue weighted by molar-refractivity contribution is 7.89. The molecule has 0 saturated heterocycles. The van der Waals surface area contributed by atoms with Gasteiger partial charge in [0.2, 0.25) is 10.0 Å². The summed E-state index contributed by atoms with van der Waals surface area (Å²) in [6.07, 6.45) is 0. The van der Waals surface area contributed by atoms with Crippen LogP contribution in [-0.4, -0.2) is 41.3 Å². The van der Waals surface area contributed by atoms with Crippen LogP contribution in [0.5, 0.6) is 0 Å². The lowest BCUT2D eigenvalue weighted by Gasteiger charge is -2.18. The van der Waals surface area contributed by atoms with Crippen LogP contribution >= 0.6 is 0 Å². The smallest absolute Gasteiger partial charge is 0.297 e. The van der Waals surface area contributed by atoms with Gasteiger partial charge in [-0.1, -0.05) is 54.1 Å². The molecule has 0 amide bonds. The molecule has 0 aliphatic heterocycles. The minimum Gasteiger partial charge on any atom is -0.454 e. The molecular weight excluding hydrogens is 502 g/mol. The summed E-state index contributed by atoms with van der Waals surface area (Å²) >= 11 is 0. The SMILES string of the molecule is Cc1ccc(S(=O)(=O)OCCN(C)S(=O)(=O)c2cccc3c(=O)c(C)c(-c4ccccc4)oc23)cc1. The monoisotopic (exact) mass is 527 g/mol.